The molecule has 0 saturated heterocycles. The van der Waals surface area contributed by atoms with Crippen LogP contribution in [0, 0.1) is 0 Å². The molecule has 0 spiro atoms. The Morgan fingerprint density at radius 1 is 1.32 bits per heavy atom. The SMILES string of the molecule is COCCNC(=S)NC(C(=O)OC)c1ccccc1. The quantitative estimate of drug-likeness (QED) is 0.461. The van der Waals surface area contributed by atoms with Crippen LogP contribution in [0.2, 0.25) is 0 Å². The van der Waals surface area contributed by atoms with Gasteiger partial charge in [-0.3, -0.25) is 0 Å². The molecule has 1 unspecified atom stereocenters. The Hall–Kier alpha value is -1.66. The third kappa shape index (κ3) is 5.23. The molecule has 5 nitrogen and oxygen atoms in total. The minimum Gasteiger partial charge on any atom is -0.467 e. The number of hydrogen-bond acceptors (Lipinski definition) is 4. The summed E-state index contributed by atoms with van der Waals surface area (Å²) in [6, 6.07) is 8.66. The number of methoxy groups -OCH3 is 2. The zero-order chi connectivity index (χ0) is 14.1. The van der Waals surface area contributed by atoms with Crippen LogP contribution in [0.3, 0.4) is 0 Å². The third-order valence-electron chi connectivity index (χ3n) is 2.44. The van der Waals surface area contributed by atoms with Gasteiger partial charge in [0, 0.05) is 13.7 Å². The highest BCUT2D eigenvalue weighted by molar-refractivity contribution is 7.80. The van der Waals surface area contributed by atoms with E-state index in [-0.39, 0.29) is 5.97 Å². The second kappa shape index (κ2) is 8.44. The van der Waals surface area contributed by atoms with Gasteiger partial charge in [-0.15, -0.1) is 0 Å². The number of hydrogen-bond donors (Lipinski definition) is 2. The number of esters is 1. The fourth-order valence-corrected chi connectivity index (χ4v) is 1.71. The lowest BCUT2D eigenvalue weighted by atomic mass is 10.1. The topological polar surface area (TPSA) is 59.6 Å². The van der Waals surface area contributed by atoms with Crippen molar-refractivity contribution in [2.24, 2.45) is 0 Å². The van der Waals surface area contributed by atoms with E-state index in [0.29, 0.717) is 18.3 Å². The lowest BCUT2D eigenvalue weighted by Crippen LogP contribution is -2.42. The molecular formula is C13H18N2O3S. The van der Waals surface area contributed by atoms with Gasteiger partial charge in [-0.25, -0.2) is 4.79 Å². The summed E-state index contributed by atoms with van der Waals surface area (Å²) in [5, 5.41) is 6.27. The van der Waals surface area contributed by atoms with Crippen molar-refractivity contribution in [3.05, 3.63) is 35.9 Å². The van der Waals surface area contributed by atoms with Crippen LogP contribution >= 0.6 is 12.2 Å². The van der Waals surface area contributed by atoms with E-state index in [0.717, 1.165) is 5.56 Å². The summed E-state index contributed by atoms with van der Waals surface area (Å²) in [5.74, 6) is -0.387. The van der Waals surface area contributed by atoms with E-state index in [9.17, 15) is 4.79 Å². The van der Waals surface area contributed by atoms with Gasteiger partial charge < -0.3 is 20.1 Å². The van der Waals surface area contributed by atoms with E-state index in [2.05, 4.69) is 10.6 Å². The number of ether oxygens (including phenoxy) is 2. The van der Waals surface area contributed by atoms with Crippen molar-refractivity contribution in [3.63, 3.8) is 0 Å². The minimum absolute atomic E-state index is 0.385. The highest BCUT2D eigenvalue weighted by Gasteiger charge is 2.21. The van der Waals surface area contributed by atoms with E-state index in [1.54, 1.807) is 7.11 Å². The molecule has 0 fully saturated rings. The fraction of sp³-hybridized carbons (Fsp3) is 0.385. The van der Waals surface area contributed by atoms with Crippen molar-refractivity contribution in [1.82, 2.24) is 10.6 Å². The fourth-order valence-electron chi connectivity index (χ4n) is 1.49. The van der Waals surface area contributed by atoms with E-state index in [1.807, 2.05) is 30.3 Å². The minimum atomic E-state index is -0.617. The Bertz CT molecular complexity index is 412. The van der Waals surface area contributed by atoms with Gasteiger partial charge in [0.05, 0.1) is 13.7 Å². The molecule has 0 aromatic heterocycles. The van der Waals surface area contributed by atoms with Crippen LogP contribution in [-0.2, 0) is 14.3 Å². The van der Waals surface area contributed by atoms with E-state index in [4.69, 9.17) is 21.7 Å². The predicted octanol–water partition coefficient (Wildman–Crippen LogP) is 1.01. The van der Waals surface area contributed by atoms with Crippen LogP contribution in [0.1, 0.15) is 11.6 Å². The molecule has 1 aromatic rings. The second-order valence-corrected chi connectivity index (χ2v) is 4.17. The van der Waals surface area contributed by atoms with Crippen LogP contribution in [0.25, 0.3) is 0 Å². The zero-order valence-electron chi connectivity index (χ0n) is 11.0. The van der Waals surface area contributed by atoms with E-state index in [1.165, 1.54) is 7.11 Å². The van der Waals surface area contributed by atoms with Gasteiger partial charge in [0.25, 0.3) is 0 Å². The molecule has 0 bridgehead atoms. The van der Waals surface area contributed by atoms with Crippen LogP contribution in [0.5, 0.6) is 0 Å². The summed E-state index contributed by atoms with van der Waals surface area (Å²) in [7, 11) is 2.96. The predicted molar refractivity (Wildman–Crippen MR) is 76.8 cm³/mol. The summed E-state index contributed by atoms with van der Waals surface area (Å²) < 4.78 is 9.69. The van der Waals surface area contributed by atoms with Crippen LogP contribution in [0.15, 0.2) is 30.3 Å². The highest BCUT2D eigenvalue weighted by Crippen LogP contribution is 2.13. The van der Waals surface area contributed by atoms with Gasteiger partial charge in [-0.2, -0.15) is 0 Å². The van der Waals surface area contributed by atoms with Gasteiger partial charge in [0.1, 0.15) is 0 Å². The molecule has 0 radical (unpaired) electrons. The molecule has 0 aliphatic heterocycles. The molecule has 19 heavy (non-hydrogen) atoms. The molecule has 104 valence electrons. The van der Waals surface area contributed by atoms with Crippen LogP contribution in [0.4, 0.5) is 0 Å². The molecule has 0 amide bonds. The summed E-state index contributed by atoms with van der Waals surface area (Å²) in [4.78, 5) is 11.8. The number of carbonyl (C=O) groups excluding carboxylic acids is 1. The molecule has 1 atom stereocenters. The first-order chi connectivity index (χ1) is 9.19. The van der Waals surface area contributed by atoms with Crippen molar-refractivity contribution in [2.75, 3.05) is 27.4 Å². The van der Waals surface area contributed by atoms with Crippen LogP contribution < -0.4 is 10.6 Å². The van der Waals surface area contributed by atoms with E-state index < -0.39 is 6.04 Å². The average molecular weight is 282 g/mol. The highest BCUT2D eigenvalue weighted by atomic mass is 32.1. The maximum Gasteiger partial charge on any atom is 0.333 e. The lowest BCUT2D eigenvalue weighted by Gasteiger charge is -2.19. The standard InChI is InChI=1S/C13H18N2O3S/c1-17-9-8-14-13(19)15-11(12(16)18-2)10-6-4-3-5-7-10/h3-7,11H,8-9H2,1-2H3,(H2,14,15,19). The van der Waals surface area contributed by atoms with Gasteiger partial charge in [-0.1, -0.05) is 30.3 Å². The maximum atomic E-state index is 11.8. The van der Waals surface area contributed by atoms with Crippen molar-refractivity contribution < 1.29 is 14.3 Å². The molecule has 2 N–H and O–H groups in total. The smallest absolute Gasteiger partial charge is 0.333 e. The first-order valence-electron chi connectivity index (χ1n) is 5.85. The summed E-state index contributed by atoms with van der Waals surface area (Å²) in [6.07, 6.45) is 0. The molecule has 1 aromatic carbocycles. The molecular weight excluding hydrogens is 264 g/mol. The van der Waals surface area contributed by atoms with Gasteiger partial charge in [-0.05, 0) is 17.8 Å². The zero-order valence-corrected chi connectivity index (χ0v) is 11.8. The second-order valence-electron chi connectivity index (χ2n) is 3.76. The average Bonchev–Trinajstić information content (AvgIpc) is 2.45. The first kappa shape index (κ1) is 15.4. The molecule has 0 aliphatic rings. The number of rotatable bonds is 6. The Labute approximate surface area is 118 Å². The van der Waals surface area contributed by atoms with Crippen LogP contribution in [-0.4, -0.2) is 38.5 Å². The number of carbonyl (C=O) groups is 1. The van der Waals surface area contributed by atoms with Gasteiger partial charge in [0.15, 0.2) is 11.2 Å². The summed E-state index contributed by atoms with van der Waals surface area (Å²) in [6.45, 7) is 1.11. The van der Waals surface area contributed by atoms with Gasteiger partial charge >= 0.3 is 5.97 Å². The van der Waals surface area contributed by atoms with Crippen molar-refractivity contribution in [3.8, 4) is 0 Å². The Kier molecular flexibility index (Phi) is 6.84. The van der Waals surface area contributed by atoms with Crippen molar-refractivity contribution in [2.45, 2.75) is 6.04 Å². The molecule has 0 aliphatic carbocycles. The van der Waals surface area contributed by atoms with Gasteiger partial charge in [0.2, 0.25) is 0 Å². The first-order valence-corrected chi connectivity index (χ1v) is 6.26. The molecule has 0 saturated carbocycles. The molecule has 1 rings (SSSR count). The van der Waals surface area contributed by atoms with Crippen molar-refractivity contribution in [1.29, 1.82) is 0 Å². The number of nitrogens with one attached hydrogen (secondary N) is 2. The largest absolute Gasteiger partial charge is 0.467 e. The lowest BCUT2D eigenvalue weighted by molar-refractivity contribution is -0.142. The Morgan fingerprint density at radius 2 is 2.00 bits per heavy atom. The molecule has 6 heteroatoms. The Balaban J connectivity index is 2.66. The normalized spacial score (nSPS) is 11.5. The number of benzene rings is 1. The Morgan fingerprint density at radius 3 is 2.58 bits per heavy atom. The monoisotopic (exact) mass is 282 g/mol. The number of thiocarbonyl (C=S) groups is 1. The molecule has 0 heterocycles. The maximum absolute atomic E-state index is 11.8. The van der Waals surface area contributed by atoms with Crippen molar-refractivity contribution >= 4 is 23.3 Å². The summed E-state index contributed by atoms with van der Waals surface area (Å²) in [5.41, 5.74) is 0.797. The summed E-state index contributed by atoms with van der Waals surface area (Å²) >= 11 is 5.13. The van der Waals surface area contributed by atoms with E-state index >= 15 is 0 Å². The third-order valence-corrected chi connectivity index (χ3v) is 2.70.